The van der Waals surface area contributed by atoms with E-state index in [2.05, 4.69) is 70.1 Å². The van der Waals surface area contributed by atoms with Crippen molar-refractivity contribution in [2.24, 2.45) is 0 Å². The van der Waals surface area contributed by atoms with Crippen LogP contribution in [-0.4, -0.2) is 19.6 Å². The summed E-state index contributed by atoms with van der Waals surface area (Å²) in [6, 6.07) is 20.6. The molecule has 3 aromatic heterocycles. The van der Waals surface area contributed by atoms with Gasteiger partial charge in [-0.05, 0) is 85.7 Å². The molecule has 0 saturated carbocycles. The normalized spacial score (nSPS) is 18.4. The second-order valence-corrected chi connectivity index (χ2v) is 8.29. The Morgan fingerprint density at radius 1 is 1.03 bits per heavy atom. The number of thiocarbonyl (C=S) groups is 1. The maximum absolute atomic E-state index is 5.78. The molecule has 0 bridgehead atoms. The number of rotatable bonds is 5. The Balaban J connectivity index is 1.61. The number of benzene rings is 1. The van der Waals surface area contributed by atoms with Crippen LogP contribution < -0.4 is 5.32 Å². The Morgan fingerprint density at radius 3 is 2.68 bits per heavy atom. The highest BCUT2D eigenvalue weighted by Gasteiger charge is 2.41. The maximum atomic E-state index is 5.78. The van der Waals surface area contributed by atoms with Gasteiger partial charge in [0.25, 0.3) is 0 Å². The van der Waals surface area contributed by atoms with Gasteiger partial charge in [-0.2, -0.15) is 0 Å². The average molecular weight is 429 g/mol. The van der Waals surface area contributed by atoms with Crippen molar-refractivity contribution in [3.05, 3.63) is 108 Å². The highest BCUT2D eigenvalue weighted by atomic mass is 32.1. The lowest BCUT2D eigenvalue weighted by atomic mass is 10.0. The topological polar surface area (TPSA) is 46.2 Å². The summed E-state index contributed by atoms with van der Waals surface area (Å²) >= 11 is 5.78. The Labute approximate surface area is 187 Å². The van der Waals surface area contributed by atoms with Crippen molar-refractivity contribution in [3.63, 3.8) is 0 Å². The second-order valence-electron chi connectivity index (χ2n) is 7.91. The zero-order valence-electron chi connectivity index (χ0n) is 17.5. The van der Waals surface area contributed by atoms with Crippen LogP contribution in [0.3, 0.4) is 0 Å². The fourth-order valence-corrected chi connectivity index (χ4v) is 4.52. The molecule has 0 unspecified atom stereocenters. The molecule has 5 nitrogen and oxygen atoms in total. The van der Waals surface area contributed by atoms with E-state index in [1.807, 2.05) is 36.5 Å². The van der Waals surface area contributed by atoms with E-state index in [0.717, 1.165) is 22.8 Å². The minimum atomic E-state index is -0.0659. The third-order valence-corrected chi connectivity index (χ3v) is 6.31. The number of hydrogen-bond acceptors (Lipinski definition) is 3. The summed E-state index contributed by atoms with van der Waals surface area (Å²) < 4.78 is 7.89. The molecule has 4 aromatic rings. The Bertz CT molecular complexity index is 1200. The minimum absolute atomic E-state index is 0.0379. The fraction of sp³-hybridized carbons (Fsp3) is 0.200. The van der Waals surface area contributed by atoms with Gasteiger partial charge in [0, 0.05) is 23.8 Å². The smallest absolute Gasteiger partial charge is 0.170 e. The summed E-state index contributed by atoms with van der Waals surface area (Å²) in [6.45, 7) is 4.87. The monoisotopic (exact) mass is 428 g/mol. The SMILES string of the molecule is Cc1ccc(-n2cccc2[C@H]2[C@H](c3ccccn3)NC(=S)N2Cc2ccco2)cc1C. The Hall–Kier alpha value is -3.38. The first-order valence-corrected chi connectivity index (χ1v) is 10.8. The largest absolute Gasteiger partial charge is 0.467 e. The zero-order valence-corrected chi connectivity index (χ0v) is 18.3. The molecule has 0 spiro atoms. The molecule has 156 valence electrons. The first kappa shape index (κ1) is 19.6. The van der Waals surface area contributed by atoms with Crippen LogP contribution in [0.5, 0.6) is 0 Å². The highest BCUT2D eigenvalue weighted by Crippen LogP contribution is 2.40. The van der Waals surface area contributed by atoms with E-state index < -0.39 is 0 Å². The molecule has 1 aromatic carbocycles. The number of furan rings is 1. The fourth-order valence-electron chi connectivity index (χ4n) is 4.21. The molecule has 1 aliphatic heterocycles. The van der Waals surface area contributed by atoms with Crippen molar-refractivity contribution >= 4 is 17.3 Å². The predicted molar refractivity (Wildman–Crippen MR) is 125 cm³/mol. The Morgan fingerprint density at radius 2 is 1.94 bits per heavy atom. The van der Waals surface area contributed by atoms with Gasteiger partial charge in [0.1, 0.15) is 5.76 Å². The molecule has 5 rings (SSSR count). The van der Waals surface area contributed by atoms with Crippen LogP contribution in [-0.2, 0) is 6.54 Å². The van der Waals surface area contributed by atoms with Gasteiger partial charge in [-0.25, -0.2) is 0 Å². The van der Waals surface area contributed by atoms with Crippen molar-refractivity contribution in [2.45, 2.75) is 32.5 Å². The number of nitrogens with one attached hydrogen (secondary N) is 1. The summed E-state index contributed by atoms with van der Waals surface area (Å²) in [5.41, 5.74) is 5.80. The third kappa shape index (κ3) is 3.64. The molecule has 1 fully saturated rings. The molecule has 1 saturated heterocycles. The van der Waals surface area contributed by atoms with E-state index in [0.29, 0.717) is 11.7 Å². The number of aryl methyl sites for hydroxylation is 2. The van der Waals surface area contributed by atoms with Crippen molar-refractivity contribution in [2.75, 3.05) is 0 Å². The van der Waals surface area contributed by atoms with Crippen LogP contribution in [0, 0.1) is 13.8 Å². The van der Waals surface area contributed by atoms with E-state index >= 15 is 0 Å². The van der Waals surface area contributed by atoms with Crippen molar-refractivity contribution in [1.82, 2.24) is 19.8 Å². The van der Waals surface area contributed by atoms with Crippen molar-refractivity contribution < 1.29 is 4.42 Å². The summed E-state index contributed by atoms with van der Waals surface area (Å²) in [5.74, 6) is 0.875. The van der Waals surface area contributed by atoms with Crippen LogP contribution in [0.15, 0.2) is 83.7 Å². The van der Waals surface area contributed by atoms with Gasteiger partial charge in [-0.15, -0.1) is 0 Å². The van der Waals surface area contributed by atoms with Gasteiger partial charge in [0.2, 0.25) is 0 Å². The summed E-state index contributed by atoms with van der Waals surface area (Å²) in [4.78, 5) is 6.83. The van der Waals surface area contributed by atoms with E-state index in [-0.39, 0.29) is 12.1 Å². The van der Waals surface area contributed by atoms with Gasteiger partial charge >= 0.3 is 0 Å². The van der Waals surface area contributed by atoms with Gasteiger partial charge in [0.15, 0.2) is 5.11 Å². The molecule has 31 heavy (non-hydrogen) atoms. The van der Waals surface area contributed by atoms with Gasteiger partial charge in [-0.1, -0.05) is 12.1 Å². The minimum Gasteiger partial charge on any atom is -0.467 e. The van der Waals surface area contributed by atoms with Crippen LogP contribution in [0.1, 0.15) is 40.4 Å². The summed E-state index contributed by atoms with van der Waals surface area (Å²) in [7, 11) is 0. The van der Waals surface area contributed by atoms with Gasteiger partial charge in [-0.3, -0.25) is 4.98 Å². The molecule has 2 atom stereocenters. The predicted octanol–water partition coefficient (Wildman–Crippen LogP) is 5.25. The van der Waals surface area contributed by atoms with Crippen LogP contribution >= 0.6 is 12.2 Å². The summed E-state index contributed by atoms with van der Waals surface area (Å²) in [5, 5.41) is 4.21. The van der Waals surface area contributed by atoms with Gasteiger partial charge < -0.3 is 19.2 Å². The third-order valence-electron chi connectivity index (χ3n) is 5.96. The molecule has 1 aliphatic rings. The van der Waals surface area contributed by atoms with E-state index in [4.69, 9.17) is 16.6 Å². The van der Waals surface area contributed by atoms with Gasteiger partial charge in [0.05, 0.1) is 30.6 Å². The van der Waals surface area contributed by atoms with Crippen LogP contribution in [0.4, 0.5) is 0 Å². The molecule has 0 radical (unpaired) electrons. The molecule has 1 N–H and O–H groups in total. The molecule has 4 heterocycles. The first-order chi connectivity index (χ1) is 15.1. The number of nitrogens with zero attached hydrogens (tertiary/aromatic N) is 3. The van der Waals surface area contributed by atoms with Crippen molar-refractivity contribution in [3.8, 4) is 5.69 Å². The molecular formula is C25H24N4OS. The Kier molecular flexibility index (Phi) is 5.08. The maximum Gasteiger partial charge on any atom is 0.170 e. The van der Waals surface area contributed by atoms with E-state index in [9.17, 15) is 0 Å². The number of hydrogen-bond donors (Lipinski definition) is 1. The average Bonchev–Trinajstić information content (AvgIpc) is 3.52. The van der Waals surface area contributed by atoms with Crippen LogP contribution in [0.25, 0.3) is 5.69 Å². The number of pyridine rings is 1. The van der Waals surface area contributed by atoms with Crippen molar-refractivity contribution in [1.29, 1.82) is 0 Å². The lowest BCUT2D eigenvalue weighted by molar-refractivity contribution is 0.280. The van der Waals surface area contributed by atoms with E-state index in [1.165, 1.54) is 11.1 Å². The first-order valence-electron chi connectivity index (χ1n) is 10.4. The highest BCUT2D eigenvalue weighted by molar-refractivity contribution is 7.80. The molecule has 0 amide bonds. The van der Waals surface area contributed by atoms with E-state index in [1.54, 1.807) is 6.26 Å². The zero-order chi connectivity index (χ0) is 21.4. The lowest BCUT2D eigenvalue weighted by Gasteiger charge is -2.28. The second kappa shape index (κ2) is 8.04. The lowest BCUT2D eigenvalue weighted by Crippen LogP contribution is -2.29. The number of aromatic nitrogens is 2. The molecule has 6 heteroatoms. The standard InChI is InChI=1S/C25H24N4OS/c1-17-10-11-19(15-18(17)2)28-13-5-9-22(28)24-23(21-8-3-4-12-26-21)27-25(31)29(24)16-20-7-6-14-30-20/h3-15,23-24H,16H2,1-2H3,(H,27,31)/t23-,24-/m0/s1. The molecule has 0 aliphatic carbocycles. The molecular weight excluding hydrogens is 404 g/mol. The quantitative estimate of drug-likeness (QED) is 0.440. The summed E-state index contributed by atoms with van der Waals surface area (Å²) in [6.07, 6.45) is 5.64. The van der Waals surface area contributed by atoms with Crippen LogP contribution in [0.2, 0.25) is 0 Å².